The van der Waals surface area contributed by atoms with E-state index >= 15 is 0 Å². The van der Waals surface area contributed by atoms with Gasteiger partial charge in [-0.1, -0.05) is 24.6 Å². The Morgan fingerprint density at radius 1 is 1.37 bits per heavy atom. The van der Waals surface area contributed by atoms with Gasteiger partial charge >= 0.3 is 0 Å². The molecule has 1 unspecified atom stereocenters. The van der Waals surface area contributed by atoms with E-state index in [4.69, 9.17) is 21.4 Å². The normalized spacial score (nSPS) is 12.3. The van der Waals surface area contributed by atoms with E-state index in [-0.39, 0.29) is 5.44 Å². The molecule has 1 aromatic heterocycles. The second-order valence-electron chi connectivity index (χ2n) is 4.22. The van der Waals surface area contributed by atoms with E-state index in [2.05, 4.69) is 31.0 Å². The van der Waals surface area contributed by atoms with Crippen LogP contribution in [-0.4, -0.2) is 10.4 Å². The number of hydrogen-bond acceptors (Lipinski definition) is 4. The van der Waals surface area contributed by atoms with Gasteiger partial charge < -0.3 is 14.1 Å². The highest BCUT2D eigenvalue weighted by Gasteiger charge is 2.10. The van der Waals surface area contributed by atoms with Gasteiger partial charge in [-0.2, -0.15) is 0 Å². The Hall–Kier alpha value is -1.20. The number of hydrogen-bond donors (Lipinski definition) is 1. The average molecular weight is 295 g/mol. The van der Waals surface area contributed by atoms with Crippen LogP contribution in [0.2, 0.25) is 0 Å². The number of benzene rings is 1. The summed E-state index contributed by atoms with van der Waals surface area (Å²) in [5, 5.41) is 0. The minimum Gasteiger partial charge on any atom is -0.480 e. The van der Waals surface area contributed by atoms with Gasteiger partial charge in [0, 0.05) is 6.20 Å². The smallest absolute Gasteiger partial charge is 0.266 e. The first-order chi connectivity index (χ1) is 9.17. The van der Waals surface area contributed by atoms with Crippen LogP contribution in [0.3, 0.4) is 0 Å². The molecule has 1 aromatic carbocycles. The minimum absolute atomic E-state index is 0.112. The van der Waals surface area contributed by atoms with Crippen molar-refractivity contribution in [3.8, 4) is 5.75 Å². The van der Waals surface area contributed by atoms with Crippen LogP contribution in [0.25, 0.3) is 0 Å². The maximum absolute atomic E-state index is 5.93. The van der Waals surface area contributed by atoms with Gasteiger partial charge in [-0.15, -0.1) is 11.8 Å². The van der Waals surface area contributed by atoms with E-state index in [0.717, 1.165) is 23.7 Å². The molecule has 1 heterocycles. The van der Waals surface area contributed by atoms with Gasteiger partial charge in [0.15, 0.2) is 0 Å². The fraction of sp³-hybridized carbons (Fsp3) is 0.357. The monoisotopic (exact) mass is 295 g/mol. The van der Waals surface area contributed by atoms with Crippen LogP contribution in [0.5, 0.6) is 5.75 Å². The Balaban J connectivity index is 1.89. The maximum Gasteiger partial charge on any atom is 0.266 e. The Bertz CT molecular complexity index is 559. The summed E-state index contributed by atoms with van der Waals surface area (Å²) >= 11 is 6.60. The molecule has 2 rings (SSSR count). The fourth-order valence-electron chi connectivity index (χ4n) is 1.57. The highest BCUT2D eigenvalue weighted by molar-refractivity contribution is 7.99. The Morgan fingerprint density at radius 2 is 2.11 bits per heavy atom. The van der Waals surface area contributed by atoms with Gasteiger partial charge in [-0.25, -0.2) is 0 Å². The minimum atomic E-state index is 0.112. The molecule has 0 bridgehead atoms. The first-order valence-electron chi connectivity index (χ1n) is 6.19. The van der Waals surface area contributed by atoms with E-state index < -0.39 is 0 Å². The Kier molecular flexibility index (Phi) is 5.10. The molecule has 0 saturated carbocycles. The quantitative estimate of drug-likeness (QED) is 0.619. The van der Waals surface area contributed by atoms with Gasteiger partial charge in [0.2, 0.25) is 0 Å². The first kappa shape index (κ1) is 14.2. The van der Waals surface area contributed by atoms with Crippen LogP contribution >= 0.6 is 24.0 Å². The number of aryl methyl sites for hydroxylation is 1. The zero-order valence-electron chi connectivity index (χ0n) is 11.0. The first-order valence-corrected chi connectivity index (χ1v) is 7.65. The molecule has 0 fully saturated rings. The zero-order valence-corrected chi connectivity index (χ0v) is 12.6. The average Bonchev–Trinajstić information content (AvgIpc) is 2.82. The third-order valence-electron chi connectivity index (χ3n) is 2.61. The summed E-state index contributed by atoms with van der Waals surface area (Å²) in [5.41, 5.74) is 1.35. The summed E-state index contributed by atoms with van der Waals surface area (Å²) in [7, 11) is 0. The van der Waals surface area contributed by atoms with Crippen LogP contribution in [0.1, 0.15) is 24.7 Å². The molecule has 5 heteroatoms. The van der Waals surface area contributed by atoms with Crippen LogP contribution in [0.15, 0.2) is 34.9 Å². The lowest BCUT2D eigenvalue weighted by atomic mass is 10.2. The third kappa shape index (κ3) is 4.44. The number of aromatic nitrogens is 1. The molecule has 0 saturated heterocycles. The van der Waals surface area contributed by atoms with Crippen molar-refractivity contribution < 1.29 is 9.15 Å². The van der Waals surface area contributed by atoms with Gasteiger partial charge in [0.25, 0.3) is 4.84 Å². The van der Waals surface area contributed by atoms with E-state index in [1.165, 1.54) is 5.56 Å². The molecule has 0 amide bonds. The fourth-order valence-corrected chi connectivity index (χ4v) is 2.64. The number of thioether (sulfide) groups is 1. The van der Waals surface area contributed by atoms with Crippen LogP contribution in [-0.2, 0) is 5.75 Å². The van der Waals surface area contributed by atoms with Gasteiger partial charge in [0.1, 0.15) is 16.9 Å². The van der Waals surface area contributed by atoms with Crippen molar-refractivity contribution in [2.75, 3.05) is 0 Å². The van der Waals surface area contributed by atoms with Crippen LogP contribution in [0.4, 0.5) is 0 Å². The summed E-state index contributed by atoms with van der Waals surface area (Å²) in [5.74, 6) is 2.50. The Morgan fingerprint density at radius 3 is 2.68 bits per heavy atom. The number of aromatic amines is 1. The molecule has 0 aliphatic rings. The molecule has 3 nitrogen and oxygen atoms in total. The number of rotatable bonds is 6. The lowest BCUT2D eigenvalue weighted by Gasteiger charge is -2.16. The molecule has 2 aromatic rings. The van der Waals surface area contributed by atoms with E-state index in [1.54, 1.807) is 18.0 Å². The summed E-state index contributed by atoms with van der Waals surface area (Å²) in [6.45, 7) is 4.17. The highest BCUT2D eigenvalue weighted by atomic mass is 32.2. The van der Waals surface area contributed by atoms with Crippen LogP contribution in [0, 0.1) is 11.8 Å². The van der Waals surface area contributed by atoms with Crippen LogP contribution < -0.4 is 4.74 Å². The van der Waals surface area contributed by atoms with Crippen molar-refractivity contribution in [3.05, 3.63) is 46.6 Å². The molecule has 102 valence electrons. The summed E-state index contributed by atoms with van der Waals surface area (Å²) in [6.07, 6.45) is 2.73. The van der Waals surface area contributed by atoms with Crippen molar-refractivity contribution in [1.82, 2.24) is 4.98 Å². The second kappa shape index (κ2) is 6.82. The van der Waals surface area contributed by atoms with Crippen molar-refractivity contribution in [3.63, 3.8) is 0 Å². The number of H-pyrrole nitrogens is 1. The standard InChI is InChI=1S/C14H17NO2S2/c1-3-13(16-11-6-4-10(2)5-7-11)19-9-12-8-15-14(18)17-12/h4-8,13H,3,9H2,1-2H3,(H,15,18). The zero-order chi connectivity index (χ0) is 13.7. The SMILES string of the molecule is CCC(Oc1ccc(C)cc1)SCc1c[nH]c(=S)o1. The summed E-state index contributed by atoms with van der Waals surface area (Å²) < 4.78 is 11.3. The predicted molar refractivity (Wildman–Crippen MR) is 81.1 cm³/mol. The lowest BCUT2D eigenvalue weighted by molar-refractivity contribution is 0.283. The molecule has 1 N–H and O–H groups in total. The van der Waals surface area contributed by atoms with E-state index in [0.29, 0.717) is 4.84 Å². The molecular formula is C14H17NO2S2. The molecule has 19 heavy (non-hydrogen) atoms. The maximum atomic E-state index is 5.93. The summed E-state index contributed by atoms with van der Waals surface area (Å²) in [4.78, 5) is 3.28. The summed E-state index contributed by atoms with van der Waals surface area (Å²) in [6, 6.07) is 8.11. The predicted octanol–water partition coefficient (Wildman–Crippen LogP) is 4.69. The molecular weight excluding hydrogens is 278 g/mol. The number of ether oxygens (including phenoxy) is 1. The number of oxazole rings is 1. The molecule has 0 aliphatic carbocycles. The molecule has 0 aliphatic heterocycles. The van der Waals surface area contributed by atoms with Gasteiger partial charge in [0.05, 0.1) is 5.75 Å². The van der Waals surface area contributed by atoms with Gasteiger partial charge in [-0.3, -0.25) is 0 Å². The topological polar surface area (TPSA) is 38.2 Å². The molecule has 0 radical (unpaired) electrons. The molecule has 1 atom stereocenters. The Labute approximate surface area is 122 Å². The number of nitrogens with one attached hydrogen (secondary N) is 1. The highest BCUT2D eigenvalue weighted by Crippen LogP contribution is 2.24. The lowest BCUT2D eigenvalue weighted by Crippen LogP contribution is -2.10. The third-order valence-corrected chi connectivity index (χ3v) is 4.06. The van der Waals surface area contributed by atoms with Crippen molar-refractivity contribution in [1.29, 1.82) is 0 Å². The second-order valence-corrected chi connectivity index (χ2v) is 5.74. The molecule has 0 spiro atoms. The largest absolute Gasteiger partial charge is 0.480 e. The van der Waals surface area contributed by atoms with E-state index in [9.17, 15) is 0 Å². The van der Waals surface area contributed by atoms with E-state index in [1.807, 2.05) is 12.1 Å². The van der Waals surface area contributed by atoms with Crippen molar-refractivity contribution in [2.45, 2.75) is 31.5 Å². The van der Waals surface area contributed by atoms with Gasteiger partial charge in [-0.05, 0) is 37.7 Å². The van der Waals surface area contributed by atoms with Crippen molar-refractivity contribution >= 4 is 24.0 Å². The van der Waals surface area contributed by atoms with Crippen molar-refractivity contribution in [2.24, 2.45) is 0 Å².